The summed E-state index contributed by atoms with van der Waals surface area (Å²) in [7, 11) is -1.11. The highest BCUT2D eigenvalue weighted by Gasteiger charge is 2.47. The van der Waals surface area contributed by atoms with Crippen LogP contribution in [-0.4, -0.2) is 72.4 Å². The normalized spacial score (nSPS) is 28.4. The number of rotatable bonds is 16. The molecule has 218 valence electrons. The van der Waals surface area contributed by atoms with Crippen molar-refractivity contribution in [1.82, 2.24) is 0 Å². The molecule has 2 fully saturated rings. The highest BCUT2D eigenvalue weighted by molar-refractivity contribution is 8.18. The molecule has 2 aliphatic rings. The fourth-order valence-electron chi connectivity index (χ4n) is 5.23. The molecule has 0 aromatic heterocycles. The predicted octanol–water partition coefficient (Wildman–Crippen LogP) is 7.56. The molecule has 2 rings (SSSR count). The summed E-state index contributed by atoms with van der Waals surface area (Å²) in [6, 6.07) is 1.13. The van der Waals surface area contributed by atoms with Crippen LogP contribution in [-0.2, 0) is 18.9 Å². The number of ether oxygens (including phenoxy) is 4. The number of aliphatic hydroxyl groups is 1. The van der Waals surface area contributed by atoms with Crippen molar-refractivity contribution in [3.05, 3.63) is 12.7 Å². The Morgan fingerprint density at radius 2 is 1.86 bits per heavy atom. The summed E-state index contributed by atoms with van der Waals surface area (Å²) in [6.45, 7) is 22.9. The second-order valence-corrected chi connectivity index (χ2v) is 21.6. The fraction of sp³-hybridized carbons (Fsp3) is 0.931. The Hall–Kier alpha value is 0.457. The molecule has 0 radical (unpaired) electrons. The van der Waals surface area contributed by atoms with Gasteiger partial charge in [0.05, 0.1) is 28.5 Å². The van der Waals surface area contributed by atoms with E-state index >= 15 is 0 Å². The van der Waals surface area contributed by atoms with Gasteiger partial charge in [-0.2, -0.15) is 0 Å². The van der Waals surface area contributed by atoms with E-state index < -0.39 is 20.0 Å². The smallest absolute Gasteiger partial charge is 0.163 e. The van der Waals surface area contributed by atoms with Crippen molar-refractivity contribution in [1.29, 1.82) is 0 Å². The molecule has 6 atom stereocenters. The van der Waals surface area contributed by atoms with Gasteiger partial charge < -0.3 is 24.1 Å². The van der Waals surface area contributed by atoms with Crippen molar-refractivity contribution in [2.75, 3.05) is 24.9 Å². The van der Waals surface area contributed by atoms with Crippen LogP contribution in [0.4, 0.5) is 0 Å². The van der Waals surface area contributed by atoms with Gasteiger partial charge in [-0.1, -0.05) is 52.9 Å². The highest BCUT2D eigenvalue weighted by Crippen LogP contribution is 2.51. The number of hydrogen-bond acceptors (Lipinski definition) is 7. The van der Waals surface area contributed by atoms with E-state index in [9.17, 15) is 5.11 Å². The van der Waals surface area contributed by atoms with Crippen molar-refractivity contribution < 1.29 is 24.1 Å². The van der Waals surface area contributed by atoms with Crippen molar-refractivity contribution in [2.45, 2.75) is 133 Å². The molecule has 5 nitrogen and oxygen atoms in total. The Bertz CT molecular complexity index is 665. The average molecular weight is 577 g/mol. The molecule has 1 N–H and O–H groups in total. The lowest BCUT2D eigenvalue weighted by Crippen LogP contribution is -2.54. The molecule has 2 saturated heterocycles. The van der Waals surface area contributed by atoms with Gasteiger partial charge in [-0.25, -0.2) is 0 Å². The summed E-state index contributed by atoms with van der Waals surface area (Å²) in [4.78, 5) is 0. The molecular formula is C29H56O5S2Si. The number of hydrogen-bond donors (Lipinski definition) is 1. The van der Waals surface area contributed by atoms with E-state index in [0.717, 1.165) is 43.4 Å². The molecule has 0 spiro atoms. The number of thioether (sulfide) groups is 2. The lowest BCUT2D eigenvalue weighted by Gasteiger charge is -2.50. The molecule has 0 saturated carbocycles. The van der Waals surface area contributed by atoms with Crippen molar-refractivity contribution in [3.8, 4) is 0 Å². The first-order valence-electron chi connectivity index (χ1n) is 14.4. The van der Waals surface area contributed by atoms with E-state index in [2.05, 4.69) is 47.0 Å². The Morgan fingerprint density at radius 1 is 1.19 bits per heavy atom. The van der Waals surface area contributed by atoms with Gasteiger partial charge in [0, 0.05) is 20.6 Å². The third kappa shape index (κ3) is 11.8. The van der Waals surface area contributed by atoms with Gasteiger partial charge in [0.2, 0.25) is 0 Å². The van der Waals surface area contributed by atoms with Crippen LogP contribution in [0.5, 0.6) is 0 Å². The average Bonchev–Trinajstić information content (AvgIpc) is 2.80. The highest BCUT2D eigenvalue weighted by atomic mass is 32.2. The lowest BCUT2D eigenvalue weighted by molar-refractivity contribution is -0.327. The van der Waals surface area contributed by atoms with Gasteiger partial charge in [-0.05, 0) is 69.4 Å². The Balaban J connectivity index is 2.02. The van der Waals surface area contributed by atoms with E-state index in [1.54, 1.807) is 0 Å². The standard InChI is InChI=1S/C29H56O5S2Si/c1-10-13-25(32-21-31-14-17-37(7,8)9)18-24(30)19-29(35-15-12-16-36-29)20-26-23(4)27(22(3)11-2)34-28(5,6)33-26/h10,22-27,30H,1,11-21H2,2-9H3/t22?,23-,24-,25+,26+,27+/m0/s1. The minimum absolute atomic E-state index is 0.0589. The second-order valence-electron chi connectivity index (χ2n) is 12.8. The zero-order chi connectivity index (χ0) is 27.7. The maximum Gasteiger partial charge on any atom is 0.163 e. The molecule has 0 aromatic rings. The van der Waals surface area contributed by atoms with Gasteiger partial charge in [-0.15, -0.1) is 30.1 Å². The topological polar surface area (TPSA) is 57.2 Å². The van der Waals surface area contributed by atoms with Crippen LogP contribution < -0.4 is 0 Å². The van der Waals surface area contributed by atoms with Gasteiger partial charge in [0.15, 0.2) is 5.79 Å². The predicted molar refractivity (Wildman–Crippen MR) is 163 cm³/mol. The molecular weight excluding hydrogens is 521 g/mol. The minimum atomic E-state index is -1.11. The summed E-state index contributed by atoms with van der Waals surface area (Å²) in [5, 5.41) is 11.3. The Kier molecular flexibility index (Phi) is 14.1. The van der Waals surface area contributed by atoms with Gasteiger partial charge in [-0.3, -0.25) is 0 Å². The van der Waals surface area contributed by atoms with Crippen LogP contribution in [0.1, 0.15) is 73.1 Å². The lowest BCUT2D eigenvalue weighted by atomic mass is 9.84. The molecule has 0 aromatic carbocycles. The van der Waals surface area contributed by atoms with E-state index in [-0.39, 0.29) is 29.2 Å². The zero-order valence-corrected chi connectivity index (χ0v) is 27.6. The Labute approximate surface area is 237 Å². The second kappa shape index (κ2) is 15.5. The van der Waals surface area contributed by atoms with E-state index in [1.165, 1.54) is 6.42 Å². The maximum absolute atomic E-state index is 11.3. The maximum atomic E-state index is 11.3. The molecule has 2 aliphatic heterocycles. The van der Waals surface area contributed by atoms with Crippen LogP contribution >= 0.6 is 23.5 Å². The molecule has 0 bridgehead atoms. The summed E-state index contributed by atoms with van der Waals surface area (Å²) < 4.78 is 24.7. The van der Waals surface area contributed by atoms with Crippen LogP contribution in [0.3, 0.4) is 0 Å². The monoisotopic (exact) mass is 576 g/mol. The summed E-state index contributed by atoms with van der Waals surface area (Å²) in [5.74, 6) is 2.47. The zero-order valence-electron chi connectivity index (χ0n) is 24.9. The first kappa shape index (κ1) is 33.7. The SMILES string of the molecule is C=CC[C@H](C[C@H](O)CC1(C[C@H]2OC(C)(C)O[C@H](C(C)CC)[C@H]2C)SCCCS1)OCOCC[Si](C)(C)C. The van der Waals surface area contributed by atoms with Crippen LogP contribution in [0.2, 0.25) is 25.7 Å². The summed E-state index contributed by atoms with van der Waals surface area (Å²) in [6.07, 6.45) is 6.93. The molecule has 8 heteroatoms. The van der Waals surface area contributed by atoms with E-state index in [4.69, 9.17) is 18.9 Å². The summed E-state index contributed by atoms with van der Waals surface area (Å²) >= 11 is 4.04. The summed E-state index contributed by atoms with van der Waals surface area (Å²) in [5.41, 5.74) is 0. The van der Waals surface area contributed by atoms with Gasteiger partial charge in [0.1, 0.15) is 6.79 Å². The molecule has 2 heterocycles. The molecule has 0 amide bonds. The van der Waals surface area contributed by atoms with Crippen molar-refractivity contribution in [2.24, 2.45) is 11.8 Å². The third-order valence-electron chi connectivity index (χ3n) is 7.59. The molecule has 37 heavy (non-hydrogen) atoms. The molecule has 1 unspecified atom stereocenters. The Morgan fingerprint density at radius 3 is 2.46 bits per heavy atom. The quantitative estimate of drug-likeness (QED) is 0.0880. The first-order chi connectivity index (χ1) is 17.3. The first-order valence-corrected chi connectivity index (χ1v) is 20.1. The van der Waals surface area contributed by atoms with Crippen LogP contribution in [0.15, 0.2) is 12.7 Å². The fourth-order valence-corrected chi connectivity index (χ4v) is 9.51. The van der Waals surface area contributed by atoms with Crippen LogP contribution in [0, 0.1) is 11.8 Å². The largest absolute Gasteiger partial charge is 0.393 e. The van der Waals surface area contributed by atoms with E-state index in [0.29, 0.717) is 24.7 Å². The number of aliphatic hydroxyl groups excluding tert-OH is 1. The minimum Gasteiger partial charge on any atom is -0.393 e. The van der Waals surface area contributed by atoms with Crippen molar-refractivity contribution >= 4 is 31.6 Å². The molecule has 0 aliphatic carbocycles. The van der Waals surface area contributed by atoms with Gasteiger partial charge in [0.25, 0.3) is 0 Å². The van der Waals surface area contributed by atoms with Crippen LogP contribution in [0.25, 0.3) is 0 Å². The van der Waals surface area contributed by atoms with Crippen molar-refractivity contribution in [3.63, 3.8) is 0 Å². The third-order valence-corrected chi connectivity index (χ3v) is 12.7. The van der Waals surface area contributed by atoms with Gasteiger partial charge >= 0.3 is 0 Å². The van der Waals surface area contributed by atoms with E-state index in [1.807, 2.05) is 43.4 Å².